The fraction of sp³-hybridized carbons (Fsp3) is 0.480. The van der Waals surface area contributed by atoms with Gasteiger partial charge in [0.25, 0.3) is 5.91 Å². The van der Waals surface area contributed by atoms with Crippen molar-refractivity contribution in [3.05, 3.63) is 53.5 Å². The Balaban J connectivity index is 1.28. The number of amides is 1. The Labute approximate surface area is 200 Å². The largest absolute Gasteiger partial charge is 0.573 e. The maximum absolute atomic E-state index is 13.0. The van der Waals surface area contributed by atoms with Crippen molar-refractivity contribution in [1.29, 1.82) is 0 Å². The first-order chi connectivity index (χ1) is 16.9. The van der Waals surface area contributed by atoms with Gasteiger partial charge in [0.2, 0.25) is 0 Å². The van der Waals surface area contributed by atoms with Crippen molar-refractivity contribution in [2.24, 2.45) is 0 Å². The molecular formula is C25H27F3N4O3. The third kappa shape index (κ3) is 5.42. The second-order valence-corrected chi connectivity index (χ2v) is 9.10. The van der Waals surface area contributed by atoms with E-state index in [4.69, 9.17) is 9.72 Å². The minimum atomic E-state index is -4.76. The molecule has 10 heteroatoms. The number of pyridine rings is 1. The van der Waals surface area contributed by atoms with Gasteiger partial charge in [-0.15, -0.1) is 13.2 Å². The van der Waals surface area contributed by atoms with Gasteiger partial charge in [-0.25, -0.2) is 9.97 Å². The summed E-state index contributed by atoms with van der Waals surface area (Å²) in [6.07, 6.45) is 1.45. The average Bonchev–Trinajstić information content (AvgIpc) is 3.14. The Hall–Kier alpha value is -3.14. The monoisotopic (exact) mass is 488 g/mol. The minimum Gasteiger partial charge on any atom is -0.406 e. The van der Waals surface area contributed by atoms with Crippen molar-refractivity contribution >= 4 is 17.1 Å². The molecule has 0 saturated carbocycles. The number of aromatic amines is 1. The fourth-order valence-electron chi connectivity index (χ4n) is 5.03. The number of rotatable bonds is 4. The smallest absolute Gasteiger partial charge is 0.406 e. The van der Waals surface area contributed by atoms with Gasteiger partial charge in [0.05, 0.1) is 0 Å². The summed E-state index contributed by atoms with van der Waals surface area (Å²) in [5.74, 6) is 1.02. The van der Waals surface area contributed by atoms with E-state index in [-0.39, 0.29) is 17.6 Å². The first-order valence-electron chi connectivity index (χ1n) is 11.9. The number of nitrogens with zero attached hydrogens (tertiary/aromatic N) is 3. The Kier molecular flexibility index (Phi) is 6.64. The molecule has 1 N–H and O–H groups in total. The van der Waals surface area contributed by atoms with E-state index in [1.807, 2.05) is 12.3 Å². The average molecular weight is 489 g/mol. The molecule has 1 aromatic carbocycles. The van der Waals surface area contributed by atoms with Gasteiger partial charge in [-0.1, -0.05) is 0 Å². The number of hydrogen-bond acceptors (Lipinski definition) is 5. The highest BCUT2D eigenvalue weighted by molar-refractivity contribution is 5.94. The molecule has 0 unspecified atom stereocenters. The van der Waals surface area contributed by atoms with Gasteiger partial charge >= 0.3 is 6.36 Å². The predicted octanol–water partition coefficient (Wildman–Crippen LogP) is 5.16. The molecule has 2 aliphatic rings. The van der Waals surface area contributed by atoms with Crippen LogP contribution in [0, 0.1) is 0 Å². The molecule has 0 radical (unpaired) electrons. The molecule has 0 bridgehead atoms. The molecule has 186 valence electrons. The van der Waals surface area contributed by atoms with E-state index in [1.54, 1.807) is 4.90 Å². The molecule has 3 aromatic rings. The van der Waals surface area contributed by atoms with Gasteiger partial charge in [0, 0.05) is 44.0 Å². The Morgan fingerprint density at radius 2 is 1.80 bits per heavy atom. The molecule has 35 heavy (non-hydrogen) atoms. The van der Waals surface area contributed by atoms with Crippen LogP contribution in [0.2, 0.25) is 0 Å². The first-order valence-corrected chi connectivity index (χ1v) is 11.9. The van der Waals surface area contributed by atoms with E-state index in [1.165, 1.54) is 24.3 Å². The Bertz CT molecular complexity index is 1170. The summed E-state index contributed by atoms with van der Waals surface area (Å²) in [7, 11) is 0. The summed E-state index contributed by atoms with van der Waals surface area (Å²) in [5.41, 5.74) is 3.19. The predicted molar refractivity (Wildman–Crippen MR) is 122 cm³/mol. The van der Waals surface area contributed by atoms with E-state index in [0.29, 0.717) is 24.6 Å². The van der Waals surface area contributed by atoms with Crippen LogP contribution in [-0.2, 0) is 4.74 Å². The molecule has 2 saturated heterocycles. The standard InChI is InChI=1S/C25H27F3N4O3/c26-25(27,28)35-19-5-3-18(4-6-19)24(33)32-12-1-2-16(8-13-32)20-7-11-29-23-21(20)30-22(31-23)17-9-14-34-15-10-17/h3-7,11,16-17H,1-2,8-10,12-15H2,(H,29,30,31)/t16-/m0/s1. The summed E-state index contributed by atoms with van der Waals surface area (Å²) < 4.78 is 46.6. The highest BCUT2D eigenvalue weighted by Crippen LogP contribution is 2.34. The second kappa shape index (κ2) is 9.85. The maximum atomic E-state index is 13.0. The third-order valence-corrected chi connectivity index (χ3v) is 6.83. The van der Waals surface area contributed by atoms with Crippen LogP contribution in [0.4, 0.5) is 13.2 Å². The van der Waals surface area contributed by atoms with Crippen LogP contribution in [0.5, 0.6) is 5.75 Å². The number of H-pyrrole nitrogens is 1. The third-order valence-electron chi connectivity index (χ3n) is 6.83. The van der Waals surface area contributed by atoms with Crippen LogP contribution >= 0.6 is 0 Å². The van der Waals surface area contributed by atoms with Crippen LogP contribution in [-0.4, -0.2) is 58.4 Å². The number of alkyl halides is 3. The Morgan fingerprint density at radius 3 is 2.54 bits per heavy atom. The number of imidazole rings is 1. The number of halogens is 3. The van der Waals surface area contributed by atoms with Crippen LogP contribution in [0.25, 0.3) is 11.2 Å². The van der Waals surface area contributed by atoms with E-state index in [2.05, 4.69) is 14.7 Å². The minimum absolute atomic E-state index is 0.189. The molecule has 2 aliphatic heterocycles. The number of carbonyl (C=O) groups excluding carboxylic acids is 1. The van der Waals surface area contributed by atoms with Crippen LogP contribution in [0.1, 0.15) is 65.7 Å². The lowest BCUT2D eigenvalue weighted by Gasteiger charge is -2.21. The molecule has 1 amide bonds. The molecule has 2 aromatic heterocycles. The van der Waals surface area contributed by atoms with Crippen LogP contribution < -0.4 is 4.74 Å². The van der Waals surface area contributed by atoms with Crippen molar-refractivity contribution in [3.63, 3.8) is 0 Å². The van der Waals surface area contributed by atoms with E-state index in [0.717, 1.165) is 67.9 Å². The quantitative estimate of drug-likeness (QED) is 0.549. The molecule has 1 atom stereocenters. The molecule has 0 spiro atoms. The van der Waals surface area contributed by atoms with Gasteiger partial charge in [-0.05, 0) is 73.9 Å². The number of fused-ring (bicyclic) bond motifs is 1. The number of carbonyl (C=O) groups is 1. The normalized spacial score (nSPS) is 20.1. The second-order valence-electron chi connectivity index (χ2n) is 9.10. The summed E-state index contributed by atoms with van der Waals surface area (Å²) >= 11 is 0. The molecule has 5 rings (SSSR count). The van der Waals surface area contributed by atoms with Crippen LogP contribution in [0.15, 0.2) is 36.5 Å². The zero-order valence-corrected chi connectivity index (χ0v) is 19.2. The lowest BCUT2D eigenvalue weighted by atomic mass is 9.92. The number of hydrogen-bond donors (Lipinski definition) is 1. The van der Waals surface area contributed by atoms with Crippen molar-refractivity contribution in [2.45, 2.75) is 50.3 Å². The van der Waals surface area contributed by atoms with Gasteiger partial charge in [0.15, 0.2) is 5.65 Å². The van der Waals surface area contributed by atoms with E-state index in [9.17, 15) is 18.0 Å². The number of likely N-dealkylation sites (tertiary alicyclic amines) is 1. The van der Waals surface area contributed by atoms with E-state index >= 15 is 0 Å². The van der Waals surface area contributed by atoms with Crippen molar-refractivity contribution in [3.8, 4) is 5.75 Å². The molecule has 2 fully saturated rings. The molecule has 4 heterocycles. The fourth-order valence-corrected chi connectivity index (χ4v) is 5.03. The highest BCUT2D eigenvalue weighted by Gasteiger charge is 2.31. The lowest BCUT2D eigenvalue weighted by molar-refractivity contribution is -0.274. The van der Waals surface area contributed by atoms with Gasteiger partial charge in [-0.2, -0.15) is 0 Å². The van der Waals surface area contributed by atoms with Crippen LogP contribution in [0.3, 0.4) is 0 Å². The first kappa shape index (κ1) is 23.6. The Morgan fingerprint density at radius 1 is 1.03 bits per heavy atom. The SMILES string of the molecule is O=C(c1ccc(OC(F)(F)F)cc1)N1CCC[C@H](c2ccnc3[nH]c(C4CCOCC4)nc23)CC1. The highest BCUT2D eigenvalue weighted by atomic mass is 19.4. The summed E-state index contributed by atoms with van der Waals surface area (Å²) in [6, 6.07) is 7.11. The number of ether oxygens (including phenoxy) is 2. The van der Waals surface area contributed by atoms with Crippen molar-refractivity contribution in [1.82, 2.24) is 19.9 Å². The molecule has 7 nitrogen and oxygen atoms in total. The lowest BCUT2D eigenvalue weighted by Crippen LogP contribution is -2.32. The van der Waals surface area contributed by atoms with Crippen molar-refractivity contribution in [2.75, 3.05) is 26.3 Å². The number of aromatic nitrogens is 3. The zero-order valence-electron chi connectivity index (χ0n) is 19.2. The summed E-state index contributed by atoms with van der Waals surface area (Å²) in [5, 5.41) is 0. The zero-order chi connectivity index (χ0) is 24.4. The van der Waals surface area contributed by atoms with Gasteiger partial charge in [0.1, 0.15) is 17.1 Å². The maximum Gasteiger partial charge on any atom is 0.573 e. The molecular weight excluding hydrogens is 461 g/mol. The summed E-state index contributed by atoms with van der Waals surface area (Å²) in [6.45, 7) is 2.64. The molecule has 0 aliphatic carbocycles. The topological polar surface area (TPSA) is 80.3 Å². The van der Waals surface area contributed by atoms with Gasteiger partial charge < -0.3 is 19.4 Å². The number of benzene rings is 1. The number of nitrogens with one attached hydrogen (secondary N) is 1. The van der Waals surface area contributed by atoms with E-state index < -0.39 is 6.36 Å². The summed E-state index contributed by atoms with van der Waals surface area (Å²) in [4.78, 5) is 27.6. The van der Waals surface area contributed by atoms with Gasteiger partial charge in [-0.3, -0.25) is 4.79 Å². The van der Waals surface area contributed by atoms with Crippen molar-refractivity contribution < 1.29 is 27.4 Å².